The zero-order chi connectivity index (χ0) is 5.28. The van der Waals surface area contributed by atoms with E-state index in [0.29, 0.717) is 0 Å². The van der Waals surface area contributed by atoms with Crippen molar-refractivity contribution in [2.45, 2.75) is 25.3 Å². The third-order valence-electron chi connectivity index (χ3n) is 1.39. The molecular formula is C4H8NO2-. The largest absolute Gasteiger partial charge is 0.762 e. The third-order valence-corrected chi connectivity index (χ3v) is 1.39. The van der Waals surface area contributed by atoms with Crippen LogP contribution in [0.5, 0.6) is 0 Å². The van der Waals surface area contributed by atoms with E-state index in [0.717, 1.165) is 19.3 Å². The fourth-order valence-electron chi connectivity index (χ4n) is 0.608. The van der Waals surface area contributed by atoms with Crippen molar-refractivity contribution in [2.75, 3.05) is 0 Å². The standard InChI is InChI=1S/C4H8NO2/c6-5(7)4-2-1-3-4/h4,6H,1-3H2/q-1. The van der Waals surface area contributed by atoms with Gasteiger partial charge in [-0.1, -0.05) is 6.42 Å². The molecule has 1 saturated carbocycles. The topological polar surface area (TPSA) is 46.5 Å². The second-order valence-corrected chi connectivity index (χ2v) is 1.89. The molecule has 0 amide bonds. The van der Waals surface area contributed by atoms with Crippen LogP contribution in [0, 0.1) is 5.21 Å². The average Bonchev–Trinajstić information content (AvgIpc) is 1.23. The van der Waals surface area contributed by atoms with Crippen LogP contribution < -0.4 is 0 Å². The van der Waals surface area contributed by atoms with Crippen molar-refractivity contribution in [3.05, 3.63) is 5.21 Å². The molecule has 0 radical (unpaired) electrons. The molecule has 0 bridgehead atoms. The average molecular weight is 102 g/mol. The molecule has 1 N–H and O–H groups in total. The second-order valence-electron chi connectivity index (χ2n) is 1.89. The summed E-state index contributed by atoms with van der Waals surface area (Å²) in [6.45, 7) is 0. The fraction of sp³-hybridized carbons (Fsp3) is 1.00. The van der Waals surface area contributed by atoms with E-state index in [1.54, 1.807) is 0 Å². The van der Waals surface area contributed by atoms with Crippen molar-refractivity contribution in [3.8, 4) is 0 Å². The van der Waals surface area contributed by atoms with Crippen LogP contribution in [0.1, 0.15) is 19.3 Å². The van der Waals surface area contributed by atoms with Gasteiger partial charge in [-0.05, 0) is 12.8 Å². The quantitative estimate of drug-likeness (QED) is 0.496. The second kappa shape index (κ2) is 1.78. The van der Waals surface area contributed by atoms with Gasteiger partial charge in [0.15, 0.2) is 0 Å². The van der Waals surface area contributed by atoms with Crippen LogP contribution in [-0.2, 0) is 0 Å². The van der Waals surface area contributed by atoms with Gasteiger partial charge in [0.25, 0.3) is 0 Å². The van der Waals surface area contributed by atoms with Crippen molar-refractivity contribution in [3.63, 3.8) is 0 Å². The number of nitrogens with zero attached hydrogens (tertiary/aromatic N) is 1. The van der Waals surface area contributed by atoms with E-state index in [4.69, 9.17) is 5.21 Å². The van der Waals surface area contributed by atoms with Gasteiger partial charge in [0.05, 0.1) is 0 Å². The van der Waals surface area contributed by atoms with Crippen molar-refractivity contribution in [1.29, 1.82) is 0 Å². The van der Waals surface area contributed by atoms with Gasteiger partial charge in [0, 0.05) is 6.04 Å². The SMILES string of the molecule is [O-]N(O)C1CCC1. The Morgan fingerprint density at radius 2 is 2.14 bits per heavy atom. The number of hydrogen-bond acceptors (Lipinski definition) is 3. The monoisotopic (exact) mass is 102 g/mol. The first-order valence-corrected chi connectivity index (χ1v) is 2.46. The summed E-state index contributed by atoms with van der Waals surface area (Å²) in [5.41, 5.74) is 0. The normalized spacial score (nSPS) is 22.7. The van der Waals surface area contributed by atoms with Crippen molar-refractivity contribution >= 4 is 0 Å². The van der Waals surface area contributed by atoms with Crippen LogP contribution in [-0.4, -0.2) is 16.5 Å². The van der Waals surface area contributed by atoms with Gasteiger partial charge in [0.2, 0.25) is 0 Å². The molecule has 1 rings (SSSR count). The van der Waals surface area contributed by atoms with E-state index in [-0.39, 0.29) is 11.3 Å². The molecule has 0 atom stereocenters. The summed E-state index contributed by atoms with van der Waals surface area (Å²) in [5.74, 6) is 0. The molecule has 0 aliphatic heterocycles. The maximum absolute atomic E-state index is 9.90. The lowest BCUT2D eigenvalue weighted by Gasteiger charge is -2.36. The molecule has 0 spiro atoms. The Kier molecular flexibility index (Phi) is 1.27. The lowest BCUT2D eigenvalue weighted by Crippen LogP contribution is -2.32. The number of hydroxylamine groups is 2. The lowest BCUT2D eigenvalue weighted by atomic mass is 9.94. The van der Waals surface area contributed by atoms with Crippen molar-refractivity contribution < 1.29 is 5.21 Å². The fourth-order valence-corrected chi connectivity index (χ4v) is 0.608. The van der Waals surface area contributed by atoms with Crippen LogP contribution in [0.15, 0.2) is 0 Å². The molecule has 3 nitrogen and oxygen atoms in total. The van der Waals surface area contributed by atoms with Crippen molar-refractivity contribution in [2.24, 2.45) is 0 Å². The predicted molar refractivity (Wildman–Crippen MR) is 24.6 cm³/mol. The summed E-state index contributed by atoms with van der Waals surface area (Å²) < 4.78 is 0. The highest BCUT2D eigenvalue weighted by molar-refractivity contribution is 4.74. The molecule has 1 aliphatic carbocycles. The third kappa shape index (κ3) is 0.907. The van der Waals surface area contributed by atoms with Crippen LogP contribution >= 0.6 is 0 Å². The van der Waals surface area contributed by atoms with E-state index in [1.165, 1.54) is 0 Å². The Morgan fingerprint density at radius 1 is 1.57 bits per heavy atom. The summed E-state index contributed by atoms with van der Waals surface area (Å²) in [4.78, 5) is 0. The summed E-state index contributed by atoms with van der Waals surface area (Å²) >= 11 is 0. The van der Waals surface area contributed by atoms with Gasteiger partial charge in [-0.25, -0.2) is 0 Å². The van der Waals surface area contributed by atoms with Crippen LogP contribution in [0.4, 0.5) is 0 Å². The molecule has 0 aromatic rings. The Balaban J connectivity index is 2.14. The predicted octanol–water partition coefficient (Wildman–Crippen LogP) is 0.728. The Bertz CT molecular complexity index is 60.7. The molecule has 1 aliphatic rings. The molecule has 0 aromatic carbocycles. The van der Waals surface area contributed by atoms with Gasteiger partial charge < -0.3 is 10.4 Å². The Hall–Kier alpha value is -0.120. The van der Waals surface area contributed by atoms with Gasteiger partial charge in [-0.15, -0.1) is 0 Å². The summed E-state index contributed by atoms with van der Waals surface area (Å²) in [6, 6.07) is -0.0833. The molecular weight excluding hydrogens is 94.0 g/mol. The maximum atomic E-state index is 9.90. The molecule has 3 heteroatoms. The molecule has 7 heavy (non-hydrogen) atoms. The highest BCUT2D eigenvalue weighted by Crippen LogP contribution is 2.21. The summed E-state index contributed by atoms with van der Waals surface area (Å²) in [7, 11) is 0. The Labute approximate surface area is 42.1 Å². The number of rotatable bonds is 1. The van der Waals surface area contributed by atoms with Crippen LogP contribution in [0.25, 0.3) is 0 Å². The smallest absolute Gasteiger partial charge is 0.0216 e. The van der Waals surface area contributed by atoms with E-state index in [2.05, 4.69) is 0 Å². The summed E-state index contributed by atoms with van der Waals surface area (Å²) in [5, 5.41) is 18.1. The van der Waals surface area contributed by atoms with Crippen LogP contribution in [0.3, 0.4) is 0 Å². The lowest BCUT2D eigenvalue weighted by molar-refractivity contribution is -0.101. The molecule has 0 saturated heterocycles. The van der Waals surface area contributed by atoms with Gasteiger partial charge in [0.1, 0.15) is 0 Å². The van der Waals surface area contributed by atoms with Gasteiger partial charge >= 0.3 is 0 Å². The minimum atomic E-state index is -0.0833. The minimum absolute atomic E-state index is 0.0590. The number of hydrogen-bond donors (Lipinski definition) is 1. The zero-order valence-electron chi connectivity index (χ0n) is 4.00. The molecule has 0 aromatic heterocycles. The van der Waals surface area contributed by atoms with E-state index in [1.807, 2.05) is 0 Å². The van der Waals surface area contributed by atoms with Crippen LogP contribution in [0.2, 0.25) is 0 Å². The molecule has 42 valence electrons. The van der Waals surface area contributed by atoms with E-state index >= 15 is 0 Å². The first-order valence-electron chi connectivity index (χ1n) is 2.46. The molecule has 0 heterocycles. The molecule has 1 fully saturated rings. The zero-order valence-corrected chi connectivity index (χ0v) is 4.00. The first kappa shape index (κ1) is 5.03. The minimum Gasteiger partial charge on any atom is -0.762 e. The highest BCUT2D eigenvalue weighted by atomic mass is 16.8. The maximum Gasteiger partial charge on any atom is 0.0216 e. The van der Waals surface area contributed by atoms with E-state index < -0.39 is 0 Å². The summed E-state index contributed by atoms with van der Waals surface area (Å²) in [6.07, 6.45) is 2.81. The highest BCUT2D eigenvalue weighted by Gasteiger charge is 2.16. The van der Waals surface area contributed by atoms with E-state index in [9.17, 15) is 5.21 Å². The Morgan fingerprint density at radius 3 is 2.14 bits per heavy atom. The molecule has 0 unspecified atom stereocenters. The van der Waals surface area contributed by atoms with Crippen molar-refractivity contribution in [1.82, 2.24) is 5.23 Å². The van der Waals surface area contributed by atoms with Gasteiger partial charge in [-0.2, -0.15) is 0 Å². The van der Waals surface area contributed by atoms with Gasteiger partial charge in [-0.3, -0.25) is 5.23 Å². The first-order chi connectivity index (χ1) is 3.30.